The lowest BCUT2D eigenvalue weighted by molar-refractivity contribution is -0.308. The van der Waals surface area contributed by atoms with Gasteiger partial charge >= 0.3 is 11.9 Å². The molecule has 0 radical (unpaired) electrons. The molecule has 0 spiro atoms. The van der Waals surface area contributed by atoms with Crippen LogP contribution in [0.4, 0.5) is 0 Å². The lowest BCUT2D eigenvalue weighted by Crippen LogP contribution is -2.61. The van der Waals surface area contributed by atoms with Crippen molar-refractivity contribution in [3.63, 3.8) is 0 Å². The van der Waals surface area contributed by atoms with Gasteiger partial charge in [0.1, 0.15) is 18.1 Å². The number of carboxylic acids is 1. The zero-order valence-corrected chi connectivity index (χ0v) is 36.7. The summed E-state index contributed by atoms with van der Waals surface area (Å²) in [4.78, 5) is 24.9. The molecule has 0 amide bonds. The molecule has 2 fully saturated rings. The summed E-state index contributed by atoms with van der Waals surface area (Å²) in [5.74, 6) is -6.35. The first kappa shape index (κ1) is 54.9. The summed E-state index contributed by atoms with van der Waals surface area (Å²) < 4.78 is 23.0. The van der Waals surface area contributed by atoms with E-state index in [1.54, 1.807) is 79.8 Å². The lowest BCUT2D eigenvalue weighted by Gasteiger charge is -2.45. The number of carbonyl (C=O) groups excluding carboxylic acids is 1. The van der Waals surface area contributed by atoms with Crippen molar-refractivity contribution in [3.05, 3.63) is 85.1 Å². The van der Waals surface area contributed by atoms with Crippen LogP contribution in [0.3, 0.4) is 0 Å². The molecule has 18 atom stereocenters. The molecule has 64 heavy (non-hydrogen) atoms. The molecule has 0 aliphatic carbocycles. The number of carboxylic acid groups (broad SMARTS) is 1. The van der Waals surface area contributed by atoms with Crippen molar-refractivity contribution >= 4 is 11.9 Å². The van der Waals surface area contributed by atoms with Crippen LogP contribution in [0.1, 0.15) is 78.6 Å². The molecule has 0 saturated carbocycles. The predicted octanol–water partition coefficient (Wildman–Crippen LogP) is 0.466. The Balaban J connectivity index is 1.85. The number of cyclic esters (lactones) is 1. The fourth-order valence-corrected chi connectivity index (χ4v) is 7.74. The fourth-order valence-electron chi connectivity index (χ4n) is 7.74. The Bertz CT molecular complexity index is 1630. The van der Waals surface area contributed by atoms with Gasteiger partial charge in [0.25, 0.3) is 0 Å². The molecule has 3 aliphatic rings. The highest BCUT2D eigenvalue weighted by Gasteiger charge is 2.51. The summed E-state index contributed by atoms with van der Waals surface area (Å²) in [6.45, 7) is 4.97. The van der Waals surface area contributed by atoms with Gasteiger partial charge in [-0.15, -0.1) is 0 Å². The van der Waals surface area contributed by atoms with Crippen molar-refractivity contribution in [2.45, 2.75) is 176 Å². The third kappa shape index (κ3) is 18.8. The minimum atomic E-state index is -2.32. The van der Waals surface area contributed by atoms with Crippen molar-refractivity contribution in [1.29, 1.82) is 0 Å². The number of carbonyl (C=O) groups is 2. The molecule has 18 nitrogen and oxygen atoms in total. The Morgan fingerprint density at radius 1 is 0.672 bits per heavy atom. The number of fused-ring (bicyclic) bond motifs is 2. The summed E-state index contributed by atoms with van der Waals surface area (Å²) in [7, 11) is 0. The van der Waals surface area contributed by atoms with E-state index in [9.17, 15) is 65.8 Å². The summed E-state index contributed by atoms with van der Waals surface area (Å²) in [5, 5.41) is 118. The standard InChI is InChI=1S/C46H71NO17/c1-27-16-14-12-10-8-6-4-5-7-9-11-13-15-17-33(63-45-43(57)41(47)42(56)29(3)62-45)24-38-40(44(58)59)37(54)26-46(60,64-38)25-32(50)22-36(53)34(51)19-18-30(48)21-31(49)23-39(55)61-28(2)20-35(27)52/h4-17,27-38,40-43,45,48-54,56-57,60H,18-26,47H2,1-3H3,(H,58,59)/b5-4+,8-6+,9-7+,12-10+,13-11+,16-14+,17-15+/t27-,28-,29+,30?,31?,32?,33?,34?,35-,36?,37-,38-,40?,41-,42+,43-,45?,46?/m0/s1. The van der Waals surface area contributed by atoms with Gasteiger partial charge in [0.2, 0.25) is 0 Å². The Kier molecular flexibility index (Phi) is 23.4. The molecule has 3 heterocycles. The summed E-state index contributed by atoms with van der Waals surface area (Å²) in [6, 6.07) is -1.15. The molecule has 362 valence electrons. The number of esters is 1. The van der Waals surface area contributed by atoms with Crippen LogP contribution in [0.15, 0.2) is 85.1 Å². The molecule has 2 saturated heterocycles. The van der Waals surface area contributed by atoms with Gasteiger partial charge in [0.15, 0.2) is 12.1 Å². The Morgan fingerprint density at radius 3 is 1.84 bits per heavy atom. The smallest absolute Gasteiger partial charge is 0.311 e. The number of ether oxygens (including phenoxy) is 4. The topological polar surface area (TPSA) is 320 Å². The molecule has 0 aromatic heterocycles. The fraction of sp³-hybridized carbons (Fsp3) is 0.652. The van der Waals surface area contributed by atoms with Gasteiger partial charge in [0.05, 0.1) is 79.6 Å². The van der Waals surface area contributed by atoms with Crippen molar-refractivity contribution in [2.24, 2.45) is 17.6 Å². The van der Waals surface area contributed by atoms with Gasteiger partial charge in [-0.1, -0.05) is 92.0 Å². The maximum atomic E-state index is 12.5. The number of hydrogen-bond donors (Lipinski definition) is 12. The zero-order chi connectivity index (χ0) is 47.6. The first-order valence-corrected chi connectivity index (χ1v) is 21.9. The highest BCUT2D eigenvalue weighted by molar-refractivity contribution is 5.71. The van der Waals surface area contributed by atoms with Crippen molar-refractivity contribution in [2.75, 3.05) is 0 Å². The molecule has 13 N–H and O–H groups in total. The Morgan fingerprint density at radius 2 is 1.25 bits per heavy atom. The number of rotatable bonds is 3. The Labute approximate surface area is 374 Å². The van der Waals surface area contributed by atoms with E-state index in [1.165, 1.54) is 13.0 Å². The van der Waals surface area contributed by atoms with Gasteiger partial charge in [-0.05, 0) is 33.1 Å². The van der Waals surface area contributed by atoms with Crippen molar-refractivity contribution in [1.82, 2.24) is 0 Å². The van der Waals surface area contributed by atoms with E-state index in [1.807, 2.05) is 13.0 Å². The van der Waals surface area contributed by atoms with Crippen molar-refractivity contribution < 1.29 is 84.7 Å². The number of allylic oxidation sites excluding steroid dienone is 12. The molecular formula is C46H71NO17. The van der Waals surface area contributed by atoms with Crippen LogP contribution >= 0.6 is 0 Å². The monoisotopic (exact) mass is 909 g/mol. The molecule has 3 rings (SSSR count). The first-order valence-electron chi connectivity index (χ1n) is 21.9. The number of nitrogens with two attached hydrogens (primary N) is 1. The van der Waals surface area contributed by atoms with Gasteiger partial charge in [-0.2, -0.15) is 0 Å². The highest BCUT2D eigenvalue weighted by Crippen LogP contribution is 2.38. The van der Waals surface area contributed by atoms with Crippen LogP contribution in [0.2, 0.25) is 0 Å². The quantitative estimate of drug-likeness (QED) is 0.171. The third-order valence-electron chi connectivity index (χ3n) is 11.4. The zero-order valence-electron chi connectivity index (χ0n) is 36.7. The maximum Gasteiger partial charge on any atom is 0.311 e. The molecule has 18 heteroatoms. The predicted molar refractivity (Wildman–Crippen MR) is 232 cm³/mol. The molecule has 0 aromatic rings. The highest BCUT2D eigenvalue weighted by atomic mass is 16.7. The van der Waals surface area contributed by atoms with Crippen LogP contribution in [-0.2, 0) is 28.5 Å². The average molecular weight is 910 g/mol. The number of aliphatic hydroxyl groups is 10. The van der Waals surface area contributed by atoms with Gasteiger partial charge in [0, 0.05) is 38.0 Å². The average Bonchev–Trinajstić information content (AvgIpc) is 3.19. The van der Waals surface area contributed by atoms with E-state index in [2.05, 4.69) is 0 Å². The van der Waals surface area contributed by atoms with E-state index < -0.39 is 141 Å². The number of aliphatic hydroxyl groups excluding tert-OH is 9. The summed E-state index contributed by atoms with van der Waals surface area (Å²) in [6.07, 6.45) is 3.69. The van der Waals surface area contributed by atoms with E-state index in [4.69, 9.17) is 24.7 Å². The van der Waals surface area contributed by atoms with Gasteiger partial charge < -0.3 is 80.9 Å². The summed E-state index contributed by atoms with van der Waals surface area (Å²) >= 11 is 0. The molecule has 0 aromatic carbocycles. The van der Waals surface area contributed by atoms with Crippen LogP contribution in [-0.4, -0.2) is 166 Å². The van der Waals surface area contributed by atoms with Gasteiger partial charge in [-0.25, -0.2) is 0 Å². The van der Waals surface area contributed by atoms with Crippen LogP contribution < -0.4 is 5.73 Å². The molecular weight excluding hydrogens is 838 g/mol. The number of hydrogen-bond acceptors (Lipinski definition) is 17. The first-order chi connectivity index (χ1) is 30.2. The van der Waals surface area contributed by atoms with E-state index >= 15 is 0 Å². The van der Waals surface area contributed by atoms with E-state index in [0.717, 1.165) is 0 Å². The van der Waals surface area contributed by atoms with Crippen LogP contribution in [0.25, 0.3) is 0 Å². The second-order valence-corrected chi connectivity index (χ2v) is 17.1. The normalized spacial score (nSPS) is 44.8. The maximum absolute atomic E-state index is 12.5. The lowest BCUT2D eigenvalue weighted by atomic mass is 9.82. The minimum absolute atomic E-state index is 0.104. The SMILES string of the molecule is C[C@H]1C[C@H](O)[C@@H](C)/C=C/C=C/C=C/C=C/C=C/C=C/C=C/C(OC2O[C@H](C)[C@@H](O)[C@H](N)[C@@H]2O)C[C@@H]2OC(O)(CC(O)CC(O)C(O)CCC(O)CC(O)CC(=O)O1)C[C@H](O)C2C(=O)O. The van der Waals surface area contributed by atoms with Gasteiger partial charge in [-0.3, -0.25) is 9.59 Å². The van der Waals surface area contributed by atoms with E-state index in [0.29, 0.717) is 0 Å². The largest absolute Gasteiger partial charge is 0.481 e. The second-order valence-electron chi connectivity index (χ2n) is 17.1. The van der Waals surface area contributed by atoms with E-state index in [-0.39, 0.29) is 38.0 Å². The molecule has 2 bridgehead atoms. The second kappa shape index (κ2) is 27.3. The van der Waals surface area contributed by atoms with Crippen LogP contribution in [0.5, 0.6) is 0 Å². The third-order valence-corrected chi connectivity index (χ3v) is 11.4. The summed E-state index contributed by atoms with van der Waals surface area (Å²) in [5.41, 5.74) is 6.01. The number of aliphatic carboxylic acids is 1. The molecule has 9 unspecified atom stereocenters. The van der Waals surface area contributed by atoms with Crippen LogP contribution in [0, 0.1) is 11.8 Å². The Hall–Kier alpha value is -3.44. The van der Waals surface area contributed by atoms with Crippen molar-refractivity contribution in [3.8, 4) is 0 Å². The minimum Gasteiger partial charge on any atom is -0.481 e. The molecule has 3 aliphatic heterocycles.